The second kappa shape index (κ2) is 18.7. The van der Waals surface area contributed by atoms with E-state index in [0.717, 1.165) is 0 Å². The lowest BCUT2D eigenvalue weighted by Gasteiger charge is -2.30. The first-order valence-corrected chi connectivity index (χ1v) is 17.1. The first-order chi connectivity index (χ1) is 23.3. The van der Waals surface area contributed by atoms with Gasteiger partial charge in [0.2, 0.25) is 29.5 Å². The Morgan fingerprint density at radius 1 is 0.878 bits per heavy atom. The maximum atomic E-state index is 13.5. The van der Waals surface area contributed by atoms with Crippen LogP contribution in [-0.4, -0.2) is 88.6 Å². The molecule has 8 N–H and O–H groups in total. The highest BCUT2D eigenvalue weighted by molar-refractivity contribution is 7.98. The Balaban J connectivity index is 2.13. The molecule has 0 unspecified atom stereocenters. The summed E-state index contributed by atoms with van der Waals surface area (Å²) in [5, 5.41) is 20.1. The van der Waals surface area contributed by atoms with Crippen LogP contribution in [0.4, 0.5) is 4.79 Å². The van der Waals surface area contributed by atoms with Crippen LogP contribution in [0.5, 0.6) is 5.75 Å². The van der Waals surface area contributed by atoms with Crippen molar-refractivity contribution < 1.29 is 40.0 Å². The number of phenols is 1. The van der Waals surface area contributed by atoms with Crippen LogP contribution in [0.2, 0.25) is 1.41 Å². The van der Waals surface area contributed by atoms with Crippen LogP contribution in [0, 0.1) is 0 Å². The van der Waals surface area contributed by atoms with Gasteiger partial charge in [-0.05, 0) is 76.3 Å². The summed E-state index contributed by atoms with van der Waals surface area (Å²) in [5.74, 6) is -3.44. The molecule has 0 spiro atoms. The van der Waals surface area contributed by atoms with Crippen LogP contribution in [0.1, 0.15) is 52.2 Å². The predicted octanol–water partition coefficient (Wildman–Crippen LogP) is 1.29. The van der Waals surface area contributed by atoms with Gasteiger partial charge in [-0.1, -0.05) is 42.5 Å². The smallest absolute Gasteiger partial charge is 0.408 e. The number of phenolic OH excluding ortho intramolecular Hbond substituents is 1. The third-order valence-corrected chi connectivity index (χ3v) is 7.79. The van der Waals surface area contributed by atoms with Crippen molar-refractivity contribution in [2.45, 2.75) is 83.1 Å². The normalized spacial score (nSPS) is 14.4. The van der Waals surface area contributed by atoms with Crippen LogP contribution < -0.4 is 32.3 Å². The lowest BCUT2D eigenvalue weighted by molar-refractivity contribution is -0.134. The molecule has 0 aliphatic carbocycles. The molecular weight excluding hydrogens is 652 g/mol. The molecule has 0 aliphatic rings. The summed E-state index contributed by atoms with van der Waals surface area (Å²) >= 11 is 1.46. The number of hydrogen-bond acceptors (Lipinski definition) is 9. The molecule has 0 fully saturated rings. The molecule has 2 rings (SSSR count). The highest BCUT2D eigenvalue weighted by atomic mass is 32.2. The molecule has 15 heteroatoms. The van der Waals surface area contributed by atoms with E-state index in [1.54, 1.807) is 63.2 Å². The van der Waals surface area contributed by atoms with Gasteiger partial charge >= 0.3 is 6.09 Å². The molecular formula is C34H48N6O8S. The number of primary amides is 1. The number of rotatable bonds is 17. The number of nitrogens with one attached hydrogen (secondary N) is 5. The molecule has 4 atom stereocenters. The highest BCUT2D eigenvalue weighted by Gasteiger charge is 2.35. The van der Waals surface area contributed by atoms with Crippen molar-refractivity contribution >= 4 is 47.4 Å². The molecule has 49 heavy (non-hydrogen) atoms. The summed E-state index contributed by atoms with van der Waals surface area (Å²) in [5.41, 5.74) is 4.57. The fourth-order valence-electron chi connectivity index (χ4n) is 4.38. The van der Waals surface area contributed by atoms with Crippen molar-refractivity contribution in [1.82, 2.24) is 26.6 Å². The zero-order valence-electron chi connectivity index (χ0n) is 29.7. The fraction of sp³-hybridized carbons (Fsp3) is 0.471. The molecule has 0 aromatic heterocycles. The second-order valence-electron chi connectivity index (χ2n) is 12.7. The maximum absolute atomic E-state index is 13.5. The second-order valence-corrected chi connectivity index (χ2v) is 13.7. The quantitative estimate of drug-likeness (QED) is 0.126. The predicted molar refractivity (Wildman–Crippen MR) is 186 cm³/mol. The number of thioether (sulfide) groups is 1. The minimum Gasteiger partial charge on any atom is -0.508 e. The van der Waals surface area contributed by atoms with E-state index in [9.17, 15) is 33.9 Å². The van der Waals surface area contributed by atoms with Gasteiger partial charge in [-0.25, -0.2) is 4.79 Å². The first-order valence-electron chi connectivity index (χ1n) is 16.1. The number of nitrogens with two attached hydrogens (primary N) is 1. The molecule has 14 nitrogen and oxygen atoms in total. The zero-order valence-corrected chi connectivity index (χ0v) is 29.5. The average Bonchev–Trinajstić information content (AvgIpc) is 3.04. The molecule has 0 saturated heterocycles. The average molecular weight is 702 g/mol. The Hall–Kier alpha value is -4.79. The van der Waals surface area contributed by atoms with Crippen LogP contribution in [0.3, 0.4) is 0 Å². The number of ether oxygens (including phenoxy) is 1. The van der Waals surface area contributed by atoms with Crippen molar-refractivity contribution in [2.24, 2.45) is 5.73 Å². The number of hydrogen-bond donors (Lipinski definition) is 7. The van der Waals surface area contributed by atoms with Gasteiger partial charge in [-0.3, -0.25) is 24.0 Å². The molecule has 0 radical (unpaired) electrons. The Labute approximate surface area is 292 Å². The molecule has 2 aromatic rings. The third-order valence-electron chi connectivity index (χ3n) is 7.17. The molecule has 0 aliphatic heterocycles. The SMILES string of the molecule is [2H]N(C(=O)CNC(=O)[C@@H](C)NC(=O)[C@H](Cc1ccc(O)cc1)NC(=O)OC(C)(C)C)[C@@H](Cc1ccccc1)C(=O)N[C@@](C)(CCSC)C(N)=O. The summed E-state index contributed by atoms with van der Waals surface area (Å²) in [6.45, 7) is 7.14. The minimum absolute atomic E-state index is 0.00291. The summed E-state index contributed by atoms with van der Waals surface area (Å²) < 4.78 is 13.8. The first kappa shape index (κ1) is 38.7. The minimum atomic E-state index is -1.43. The van der Waals surface area contributed by atoms with Gasteiger partial charge in [-0.15, -0.1) is 0 Å². The van der Waals surface area contributed by atoms with Crippen molar-refractivity contribution in [3.63, 3.8) is 0 Å². The summed E-state index contributed by atoms with van der Waals surface area (Å²) in [7, 11) is 0. The number of amides is 6. The summed E-state index contributed by atoms with van der Waals surface area (Å²) in [6, 6.07) is 10.9. The van der Waals surface area contributed by atoms with E-state index in [1.807, 2.05) is 6.26 Å². The molecule has 0 saturated carbocycles. The standard InChI is InChI=1S/C34H48N6O8S/c1-21(37-29(44)25(39-32(47)48-33(2,3)4)19-23-12-14-24(41)15-13-23)28(43)36-20-27(42)38-26(18-22-10-8-7-9-11-22)30(45)40-34(5,31(35)46)16-17-49-6/h7-15,21,25-26,41H,16-20H2,1-6H3,(H2,35,46)(H,36,43)(H,37,44)(H,38,42)(H,39,47)(H,40,45)/t21-,25+,26+,34+/m1/s1/i/hD. The summed E-state index contributed by atoms with van der Waals surface area (Å²) in [6.07, 6.45) is 1.14. The van der Waals surface area contributed by atoms with Gasteiger partial charge in [0, 0.05) is 12.8 Å². The van der Waals surface area contributed by atoms with E-state index < -0.39 is 71.4 Å². The van der Waals surface area contributed by atoms with E-state index in [4.69, 9.17) is 11.9 Å². The maximum Gasteiger partial charge on any atom is 0.408 e. The Bertz CT molecular complexity index is 1490. The van der Waals surface area contributed by atoms with Gasteiger partial charge in [-0.2, -0.15) is 11.8 Å². The van der Waals surface area contributed by atoms with Gasteiger partial charge in [0.15, 0.2) is 1.41 Å². The van der Waals surface area contributed by atoms with E-state index in [-0.39, 0.29) is 25.0 Å². The van der Waals surface area contributed by atoms with Crippen LogP contribution in [0.25, 0.3) is 0 Å². The molecule has 0 bridgehead atoms. The Morgan fingerprint density at radius 3 is 2.04 bits per heavy atom. The van der Waals surface area contributed by atoms with Crippen molar-refractivity contribution in [3.8, 4) is 5.75 Å². The van der Waals surface area contributed by atoms with Gasteiger partial charge in [0.1, 0.15) is 35.0 Å². The molecule has 268 valence electrons. The molecule has 2 aromatic carbocycles. The van der Waals surface area contributed by atoms with Crippen LogP contribution >= 0.6 is 11.8 Å². The number of benzene rings is 2. The molecule has 0 heterocycles. The number of carbonyl (C=O) groups excluding carboxylic acids is 6. The highest BCUT2D eigenvalue weighted by Crippen LogP contribution is 2.15. The monoisotopic (exact) mass is 701 g/mol. The van der Waals surface area contributed by atoms with E-state index >= 15 is 0 Å². The lowest BCUT2D eigenvalue weighted by Crippen LogP contribution is -2.61. The van der Waals surface area contributed by atoms with Crippen molar-refractivity contribution in [3.05, 3.63) is 65.7 Å². The van der Waals surface area contributed by atoms with E-state index in [1.165, 1.54) is 37.7 Å². The van der Waals surface area contributed by atoms with Gasteiger partial charge in [0.25, 0.3) is 0 Å². The third kappa shape index (κ3) is 14.5. The number of alkyl carbamates (subject to hydrolysis) is 1. The lowest BCUT2D eigenvalue weighted by atomic mass is 9.96. The number of carbonyl (C=O) groups is 6. The largest absolute Gasteiger partial charge is 0.508 e. The number of aromatic hydroxyl groups is 1. The van der Waals surface area contributed by atoms with Crippen molar-refractivity contribution in [2.75, 3.05) is 18.6 Å². The van der Waals surface area contributed by atoms with Crippen LogP contribution in [0.15, 0.2) is 54.6 Å². The summed E-state index contributed by atoms with van der Waals surface area (Å²) in [4.78, 5) is 77.6. The van der Waals surface area contributed by atoms with Crippen molar-refractivity contribution in [1.29, 1.82) is 0 Å². The van der Waals surface area contributed by atoms with Gasteiger partial charge < -0.3 is 42.2 Å². The fourth-order valence-corrected chi connectivity index (χ4v) is 5.00. The Kier molecular flexibility index (Phi) is 14.7. The van der Waals surface area contributed by atoms with E-state index in [2.05, 4.69) is 21.3 Å². The topological polar surface area (TPSA) is 218 Å². The molecule has 6 amide bonds. The van der Waals surface area contributed by atoms with E-state index in [0.29, 0.717) is 22.2 Å². The van der Waals surface area contributed by atoms with Gasteiger partial charge in [0.05, 0.1) is 6.54 Å². The zero-order chi connectivity index (χ0) is 37.6. The van der Waals surface area contributed by atoms with Crippen LogP contribution in [-0.2, 0) is 41.6 Å². The Morgan fingerprint density at radius 2 is 1.47 bits per heavy atom.